The zero-order valence-corrected chi connectivity index (χ0v) is 11.5. The molecular formula is C13H20ClNO2. The zero-order valence-electron chi connectivity index (χ0n) is 10.8. The smallest absolute Gasteiger partial charge is 0.121 e. The van der Waals surface area contributed by atoms with Gasteiger partial charge in [0.05, 0.1) is 6.61 Å². The summed E-state index contributed by atoms with van der Waals surface area (Å²) in [5.74, 6) is 0.770. The van der Waals surface area contributed by atoms with Crippen LogP contribution in [0.25, 0.3) is 0 Å². The van der Waals surface area contributed by atoms with Gasteiger partial charge in [0.15, 0.2) is 0 Å². The molecule has 2 atom stereocenters. The average Bonchev–Trinajstić information content (AvgIpc) is 2.28. The normalized spacial score (nSPS) is 14.4. The Morgan fingerprint density at radius 1 is 1.35 bits per heavy atom. The van der Waals surface area contributed by atoms with E-state index in [-0.39, 0.29) is 12.1 Å². The van der Waals surface area contributed by atoms with Crippen LogP contribution in [0.15, 0.2) is 18.2 Å². The summed E-state index contributed by atoms with van der Waals surface area (Å²) in [6.07, 6.45) is 0.0173. The van der Waals surface area contributed by atoms with Crippen molar-refractivity contribution in [2.45, 2.75) is 26.0 Å². The number of nitrogens with one attached hydrogen (secondary N) is 1. The van der Waals surface area contributed by atoms with E-state index in [1.54, 1.807) is 7.11 Å². The van der Waals surface area contributed by atoms with E-state index < -0.39 is 0 Å². The Morgan fingerprint density at radius 2 is 2.06 bits per heavy atom. The van der Waals surface area contributed by atoms with Crippen LogP contribution in [0.1, 0.15) is 25.5 Å². The second-order valence-corrected chi connectivity index (χ2v) is 4.48. The maximum absolute atomic E-state index is 6.21. The third kappa shape index (κ3) is 4.19. The number of hydrogen-bond acceptors (Lipinski definition) is 3. The molecule has 0 aromatic heterocycles. The van der Waals surface area contributed by atoms with Crippen molar-refractivity contribution >= 4 is 11.6 Å². The van der Waals surface area contributed by atoms with Crippen LogP contribution in [-0.4, -0.2) is 26.9 Å². The molecule has 0 aliphatic heterocycles. The van der Waals surface area contributed by atoms with Gasteiger partial charge in [-0.2, -0.15) is 0 Å². The minimum atomic E-state index is 0.0173. The molecule has 1 aromatic carbocycles. The summed E-state index contributed by atoms with van der Waals surface area (Å²) in [5, 5.41) is 3.87. The molecule has 0 bridgehead atoms. The molecule has 1 N–H and O–H groups in total. The molecule has 0 heterocycles. The van der Waals surface area contributed by atoms with Crippen LogP contribution in [0.3, 0.4) is 0 Å². The average molecular weight is 258 g/mol. The Labute approximate surface area is 108 Å². The largest absolute Gasteiger partial charge is 0.488 e. The van der Waals surface area contributed by atoms with Crippen molar-refractivity contribution in [2.24, 2.45) is 0 Å². The molecule has 2 unspecified atom stereocenters. The lowest BCUT2D eigenvalue weighted by atomic mass is 10.1. The Kier molecular flexibility index (Phi) is 5.75. The lowest BCUT2D eigenvalue weighted by molar-refractivity contribution is 0.0921. The molecule has 0 amide bonds. The van der Waals surface area contributed by atoms with Crippen LogP contribution in [0.2, 0.25) is 5.02 Å². The van der Waals surface area contributed by atoms with E-state index in [0.717, 1.165) is 11.3 Å². The molecule has 0 aliphatic carbocycles. The number of rotatable bonds is 6. The van der Waals surface area contributed by atoms with Crippen molar-refractivity contribution < 1.29 is 9.47 Å². The van der Waals surface area contributed by atoms with Crippen LogP contribution < -0.4 is 10.1 Å². The fourth-order valence-corrected chi connectivity index (χ4v) is 1.92. The molecule has 0 fully saturated rings. The van der Waals surface area contributed by atoms with Crippen LogP contribution in [-0.2, 0) is 4.74 Å². The Morgan fingerprint density at radius 3 is 2.59 bits per heavy atom. The quantitative estimate of drug-likeness (QED) is 0.850. The van der Waals surface area contributed by atoms with Gasteiger partial charge in [-0.1, -0.05) is 17.7 Å². The van der Waals surface area contributed by atoms with Gasteiger partial charge in [0.1, 0.15) is 11.9 Å². The molecule has 4 heteroatoms. The number of methoxy groups -OCH3 is 1. The van der Waals surface area contributed by atoms with Crippen molar-refractivity contribution in [2.75, 3.05) is 20.8 Å². The van der Waals surface area contributed by atoms with E-state index in [1.165, 1.54) is 0 Å². The first-order valence-corrected chi connectivity index (χ1v) is 6.08. The summed E-state index contributed by atoms with van der Waals surface area (Å²) in [7, 11) is 3.57. The van der Waals surface area contributed by atoms with Crippen molar-refractivity contribution in [1.82, 2.24) is 5.32 Å². The number of hydrogen-bond donors (Lipinski definition) is 1. The number of halogens is 1. The van der Waals surface area contributed by atoms with Crippen molar-refractivity contribution in [3.05, 3.63) is 28.8 Å². The van der Waals surface area contributed by atoms with Gasteiger partial charge in [-0.05, 0) is 38.6 Å². The maximum atomic E-state index is 6.21. The van der Waals surface area contributed by atoms with Gasteiger partial charge in [0.2, 0.25) is 0 Å². The summed E-state index contributed by atoms with van der Waals surface area (Å²) in [6, 6.07) is 5.99. The molecule has 96 valence electrons. The Hall–Kier alpha value is -0.770. The summed E-state index contributed by atoms with van der Waals surface area (Å²) >= 11 is 6.21. The fourth-order valence-electron chi connectivity index (χ4n) is 1.59. The van der Waals surface area contributed by atoms with Crippen LogP contribution in [0.4, 0.5) is 0 Å². The first kappa shape index (κ1) is 14.3. The molecule has 0 saturated carbocycles. The standard InChI is InChI=1S/C13H20ClNO2/c1-9(8-16-4)17-11-5-6-12(10(2)15-3)13(14)7-11/h5-7,9-10,15H,8H2,1-4H3. The molecule has 0 spiro atoms. The van der Waals surface area contributed by atoms with Crippen molar-refractivity contribution in [3.63, 3.8) is 0 Å². The van der Waals surface area contributed by atoms with Gasteiger partial charge in [0, 0.05) is 18.2 Å². The van der Waals surface area contributed by atoms with E-state index in [0.29, 0.717) is 11.6 Å². The number of ether oxygens (including phenoxy) is 2. The summed E-state index contributed by atoms with van der Waals surface area (Å²) in [4.78, 5) is 0. The highest BCUT2D eigenvalue weighted by atomic mass is 35.5. The first-order chi connectivity index (χ1) is 8.08. The summed E-state index contributed by atoms with van der Waals surface area (Å²) in [5.41, 5.74) is 1.07. The van der Waals surface area contributed by atoms with Gasteiger partial charge >= 0.3 is 0 Å². The van der Waals surface area contributed by atoms with Gasteiger partial charge in [-0.15, -0.1) is 0 Å². The monoisotopic (exact) mass is 257 g/mol. The molecular weight excluding hydrogens is 238 g/mol. The van der Waals surface area contributed by atoms with Gasteiger partial charge in [0.25, 0.3) is 0 Å². The summed E-state index contributed by atoms with van der Waals surface area (Å²) < 4.78 is 10.7. The van der Waals surface area contributed by atoms with Crippen LogP contribution in [0, 0.1) is 0 Å². The molecule has 0 saturated heterocycles. The highest BCUT2D eigenvalue weighted by Gasteiger charge is 2.10. The van der Waals surface area contributed by atoms with Crippen molar-refractivity contribution in [1.29, 1.82) is 0 Å². The highest BCUT2D eigenvalue weighted by molar-refractivity contribution is 6.31. The SMILES string of the molecule is CNC(C)c1ccc(OC(C)COC)cc1Cl. The predicted octanol–water partition coefficient (Wildman–Crippen LogP) is 3.03. The molecule has 0 radical (unpaired) electrons. The van der Waals surface area contributed by atoms with E-state index >= 15 is 0 Å². The minimum Gasteiger partial charge on any atom is -0.488 e. The van der Waals surface area contributed by atoms with E-state index in [1.807, 2.05) is 32.2 Å². The Balaban J connectivity index is 2.75. The zero-order chi connectivity index (χ0) is 12.8. The molecule has 1 rings (SSSR count). The maximum Gasteiger partial charge on any atom is 0.121 e. The van der Waals surface area contributed by atoms with Gasteiger partial charge in [-0.25, -0.2) is 0 Å². The molecule has 17 heavy (non-hydrogen) atoms. The lowest BCUT2D eigenvalue weighted by Gasteiger charge is -2.16. The van der Waals surface area contributed by atoms with Gasteiger partial charge in [-0.3, -0.25) is 0 Å². The van der Waals surface area contributed by atoms with Crippen LogP contribution in [0.5, 0.6) is 5.75 Å². The highest BCUT2D eigenvalue weighted by Crippen LogP contribution is 2.27. The Bertz CT molecular complexity index is 357. The van der Waals surface area contributed by atoms with E-state index in [2.05, 4.69) is 12.2 Å². The van der Waals surface area contributed by atoms with Gasteiger partial charge < -0.3 is 14.8 Å². The first-order valence-electron chi connectivity index (χ1n) is 5.70. The topological polar surface area (TPSA) is 30.5 Å². The third-order valence-corrected chi connectivity index (χ3v) is 2.94. The molecule has 3 nitrogen and oxygen atoms in total. The lowest BCUT2D eigenvalue weighted by Crippen LogP contribution is -2.18. The predicted molar refractivity (Wildman–Crippen MR) is 70.9 cm³/mol. The second-order valence-electron chi connectivity index (χ2n) is 4.08. The number of benzene rings is 1. The summed E-state index contributed by atoms with van der Waals surface area (Å²) in [6.45, 7) is 4.59. The fraction of sp³-hybridized carbons (Fsp3) is 0.538. The molecule has 1 aromatic rings. The van der Waals surface area contributed by atoms with Crippen LogP contribution >= 0.6 is 11.6 Å². The second kappa shape index (κ2) is 6.84. The molecule has 0 aliphatic rings. The minimum absolute atomic E-state index is 0.0173. The van der Waals surface area contributed by atoms with E-state index in [9.17, 15) is 0 Å². The van der Waals surface area contributed by atoms with E-state index in [4.69, 9.17) is 21.1 Å². The third-order valence-electron chi connectivity index (χ3n) is 2.61. The van der Waals surface area contributed by atoms with Crippen molar-refractivity contribution in [3.8, 4) is 5.75 Å².